The molecule has 19 heteroatoms. The predicted molar refractivity (Wildman–Crippen MR) is 135 cm³/mol. The molecule has 2 atom stereocenters. The number of nitriles is 1. The lowest BCUT2D eigenvalue weighted by molar-refractivity contribution is -0.384. The first kappa shape index (κ1) is 29.9. The number of carbonyl (C=O) groups excluding carboxylic acids is 3. The Balaban J connectivity index is 1.76. The normalized spacial score (nSPS) is 17.4. The molecule has 1 fully saturated rings. The Hall–Kier alpha value is -4.67. The van der Waals surface area contributed by atoms with E-state index >= 15 is 0 Å². The van der Waals surface area contributed by atoms with Crippen LogP contribution in [-0.4, -0.2) is 68.4 Å². The Morgan fingerprint density at radius 1 is 1.38 bits per heavy atom. The lowest BCUT2D eigenvalue weighted by Crippen LogP contribution is -2.72. The molecule has 1 aromatic carbocycles. The third-order valence-corrected chi connectivity index (χ3v) is 6.98. The van der Waals surface area contributed by atoms with Crippen molar-refractivity contribution in [3.05, 3.63) is 51.0 Å². The van der Waals surface area contributed by atoms with E-state index in [-0.39, 0.29) is 27.4 Å². The number of nitrogen functional groups attached to an aromatic ring is 1. The fourth-order valence-electron chi connectivity index (χ4n) is 3.30. The van der Waals surface area contributed by atoms with Crippen LogP contribution < -0.4 is 11.1 Å². The summed E-state index contributed by atoms with van der Waals surface area (Å²) in [7, 11) is -4.98. The summed E-state index contributed by atoms with van der Waals surface area (Å²) in [4.78, 5) is 57.4. The van der Waals surface area contributed by atoms with Crippen LogP contribution in [-0.2, 0) is 40.9 Å². The number of nitrogens with two attached hydrogens (primary N) is 1. The standard InChI is InChI=1S/C21H21N7O10S2/c1-21(2,19(31)37-9-11-3-5-12(6-4-11)28(32)33)38-26-15(13-10-39-20(23)24-13)17(29)25-16-14(7-8-22)27(18(16)30)40(34,35)36/h3-6,10,14,16H,7,9H2,1-2H3,(H2,23,24)(H,25,29)(H,34,35,36). The van der Waals surface area contributed by atoms with Crippen LogP contribution in [0.2, 0.25) is 0 Å². The van der Waals surface area contributed by atoms with Crippen molar-refractivity contribution in [1.29, 1.82) is 5.26 Å². The predicted octanol–water partition coefficient (Wildman–Crippen LogP) is 0.288. The number of hydrogen-bond acceptors (Lipinski definition) is 14. The van der Waals surface area contributed by atoms with Gasteiger partial charge in [-0.05, 0) is 31.5 Å². The number of ether oxygens (including phenoxy) is 1. The molecule has 17 nitrogen and oxygen atoms in total. The molecule has 40 heavy (non-hydrogen) atoms. The lowest BCUT2D eigenvalue weighted by Gasteiger charge is -2.43. The average molecular weight is 596 g/mol. The number of aromatic nitrogens is 1. The zero-order chi connectivity index (χ0) is 29.8. The minimum atomic E-state index is -4.98. The fraction of sp³-hybridized carbons (Fsp3) is 0.333. The van der Waals surface area contributed by atoms with Crippen molar-refractivity contribution in [2.45, 2.75) is 44.6 Å². The maximum absolute atomic E-state index is 13.1. The topological polar surface area (TPSA) is 258 Å². The highest BCUT2D eigenvalue weighted by atomic mass is 32.2. The number of oxime groups is 1. The van der Waals surface area contributed by atoms with Gasteiger partial charge in [0, 0.05) is 17.5 Å². The first-order valence-corrected chi connectivity index (χ1v) is 13.3. The van der Waals surface area contributed by atoms with E-state index in [1.807, 2.05) is 0 Å². The van der Waals surface area contributed by atoms with Crippen LogP contribution in [0.5, 0.6) is 0 Å². The summed E-state index contributed by atoms with van der Waals surface area (Å²) in [6.07, 6.45) is -0.531. The quantitative estimate of drug-likeness (QED) is 0.0789. The number of β-lactam (4-membered cyclic amide) rings is 1. The van der Waals surface area contributed by atoms with Crippen LogP contribution in [0.1, 0.15) is 31.5 Å². The van der Waals surface area contributed by atoms with Gasteiger partial charge in [0.05, 0.1) is 23.5 Å². The van der Waals surface area contributed by atoms with Gasteiger partial charge in [-0.2, -0.15) is 13.7 Å². The summed E-state index contributed by atoms with van der Waals surface area (Å²) in [6.45, 7) is 2.31. The maximum Gasteiger partial charge on any atom is 0.362 e. The number of nitrogens with one attached hydrogen (secondary N) is 1. The molecule has 2 unspecified atom stereocenters. The van der Waals surface area contributed by atoms with E-state index in [2.05, 4.69) is 15.5 Å². The van der Waals surface area contributed by atoms with E-state index in [1.54, 1.807) is 6.07 Å². The number of carbonyl (C=O) groups is 3. The Bertz CT molecular complexity index is 1510. The highest BCUT2D eigenvalue weighted by molar-refractivity contribution is 7.84. The van der Waals surface area contributed by atoms with Gasteiger partial charge in [-0.1, -0.05) is 5.16 Å². The molecule has 2 aromatic rings. The number of anilines is 1. The summed E-state index contributed by atoms with van der Waals surface area (Å²) >= 11 is 0.936. The van der Waals surface area contributed by atoms with E-state index < -0.39 is 62.8 Å². The first-order chi connectivity index (χ1) is 18.7. The molecule has 1 saturated heterocycles. The largest absolute Gasteiger partial charge is 0.458 e. The third-order valence-electron chi connectivity index (χ3n) is 5.36. The van der Waals surface area contributed by atoms with Gasteiger partial charge in [-0.15, -0.1) is 11.3 Å². The first-order valence-electron chi connectivity index (χ1n) is 11.0. The molecule has 2 amide bonds. The number of thiazole rings is 1. The van der Waals surface area contributed by atoms with Crippen molar-refractivity contribution in [3.8, 4) is 6.07 Å². The van der Waals surface area contributed by atoms with Crippen LogP contribution in [0.3, 0.4) is 0 Å². The van der Waals surface area contributed by atoms with Crippen LogP contribution in [0.15, 0.2) is 34.8 Å². The minimum absolute atomic E-state index is 0.0388. The number of esters is 1. The van der Waals surface area contributed by atoms with Crippen LogP contribution in [0.4, 0.5) is 10.8 Å². The summed E-state index contributed by atoms with van der Waals surface area (Å²) < 4.78 is 37.4. The van der Waals surface area contributed by atoms with Crippen molar-refractivity contribution in [2.75, 3.05) is 5.73 Å². The molecule has 0 spiro atoms. The van der Waals surface area contributed by atoms with Crippen molar-refractivity contribution in [1.82, 2.24) is 14.6 Å². The van der Waals surface area contributed by atoms with Gasteiger partial charge < -0.3 is 20.6 Å². The molecule has 1 aliphatic rings. The summed E-state index contributed by atoms with van der Waals surface area (Å²) in [5.74, 6) is -3.19. The molecule has 0 saturated carbocycles. The number of benzene rings is 1. The smallest absolute Gasteiger partial charge is 0.362 e. The molecule has 0 radical (unpaired) electrons. The minimum Gasteiger partial charge on any atom is -0.458 e. The Morgan fingerprint density at radius 2 is 2.02 bits per heavy atom. The highest BCUT2D eigenvalue weighted by Gasteiger charge is 2.54. The van der Waals surface area contributed by atoms with E-state index in [1.165, 1.54) is 43.5 Å². The molecule has 1 aromatic heterocycles. The molecule has 2 heterocycles. The van der Waals surface area contributed by atoms with Gasteiger partial charge in [-0.3, -0.25) is 24.3 Å². The van der Waals surface area contributed by atoms with Crippen LogP contribution in [0, 0.1) is 21.4 Å². The zero-order valence-corrected chi connectivity index (χ0v) is 22.3. The van der Waals surface area contributed by atoms with E-state index in [9.17, 15) is 37.5 Å². The zero-order valence-electron chi connectivity index (χ0n) is 20.7. The van der Waals surface area contributed by atoms with E-state index in [4.69, 9.17) is 20.6 Å². The van der Waals surface area contributed by atoms with Crippen LogP contribution in [0.25, 0.3) is 0 Å². The number of nitro benzene ring substituents is 1. The van der Waals surface area contributed by atoms with Crippen LogP contribution >= 0.6 is 11.3 Å². The fourth-order valence-corrected chi connectivity index (χ4v) is 4.73. The number of nitro groups is 1. The molecular weight excluding hydrogens is 574 g/mol. The lowest BCUT2D eigenvalue weighted by atomic mass is 9.96. The Labute approximate surface area is 230 Å². The molecule has 3 rings (SSSR count). The van der Waals surface area contributed by atoms with Crippen molar-refractivity contribution < 1.29 is 41.9 Å². The Morgan fingerprint density at radius 3 is 2.55 bits per heavy atom. The van der Waals surface area contributed by atoms with Gasteiger partial charge in [0.25, 0.3) is 17.5 Å². The number of rotatable bonds is 11. The Kier molecular flexibility index (Phi) is 8.67. The van der Waals surface area contributed by atoms with Gasteiger partial charge in [0.2, 0.25) is 5.60 Å². The summed E-state index contributed by atoms with van der Waals surface area (Å²) in [5.41, 5.74) is 3.52. The van der Waals surface area contributed by atoms with Crippen molar-refractivity contribution in [2.24, 2.45) is 5.16 Å². The summed E-state index contributed by atoms with van der Waals surface area (Å²) in [5, 5.41) is 27.1. The van der Waals surface area contributed by atoms with Gasteiger partial charge >= 0.3 is 16.3 Å². The van der Waals surface area contributed by atoms with Crippen molar-refractivity contribution >= 4 is 56.0 Å². The van der Waals surface area contributed by atoms with Gasteiger partial charge in [0.1, 0.15) is 18.3 Å². The second-order valence-corrected chi connectivity index (χ2v) is 10.8. The number of hydrogen-bond donors (Lipinski definition) is 3. The molecule has 1 aliphatic heterocycles. The highest BCUT2D eigenvalue weighted by Crippen LogP contribution is 2.26. The van der Waals surface area contributed by atoms with E-state index in [0.29, 0.717) is 5.56 Å². The molecule has 4 N–H and O–H groups in total. The second-order valence-electron chi connectivity index (χ2n) is 8.60. The molecule has 0 aliphatic carbocycles. The summed E-state index contributed by atoms with van der Waals surface area (Å²) in [6, 6.07) is 4.05. The molecule has 212 valence electrons. The monoisotopic (exact) mass is 595 g/mol. The van der Waals surface area contributed by atoms with E-state index in [0.717, 1.165) is 11.3 Å². The third kappa shape index (κ3) is 6.66. The van der Waals surface area contributed by atoms with Gasteiger partial charge in [0.15, 0.2) is 10.8 Å². The maximum atomic E-state index is 13.1. The SMILES string of the molecule is CC(C)(ON=C(C(=O)NC1C(=O)N(S(=O)(=O)O)C1CC#N)c1csc(N)n1)C(=O)OCc1ccc([N+](=O)[O-])cc1. The van der Waals surface area contributed by atoms with Crippen molar-refractivity contribution in [3.63, 3.8) is 0 Å². The second kappa shape index (κ2) is 11.6. The molecular formula is C21H21N7O10S2. The number of amides is 2. The number of non-ortho nitro benzene ring substituents is 1. The number of nitrogens with zero attached hydrogens (tertiary/aromatic N) is 5. The molecule has 0 bridgehead atoms. The van der Waals surface area contributed by atoms with Gasteiger partial charge in [-0.25, -0.2) is 14.1 Å². The average Bonchev–Trinajstić information content (AvgIpc) is 3.30.